The number of carbonyl (C=O) groups is 1. The Labute approximate surface area is 140 Å². The number of likely N-dealkylation sites (tertiary alicyclic amines) is 1. The van der Waals surface area contributed by atoms with Gasteiger partial charge >= 0.3 is 0 Å². The molecule has 0 bridgehead atoms. The Hall–Kier alpha value is -0.650. The van der Waals surface area contributed by atoms with Gasteiger partial charge in [-0.25, -0.2) is 0 Å². The highest BCUT2D eigenvalue weighted by Gasteiger charge is 2.32. The first-order valence-electron chi connectivity index (χ1n) is 9.53. The summed E-state index contributed by atoms with van der Waals surface area (Å²) in [6.45, 7) is 7.00. The average molecular weight is 324 g/mol. The highest BCUT2D eigenvalue weighted by Crippen LogP contribution is 2.26. The molecular weight excluding hydrogens is 292 g/mol. The third-order valence-electron chi connectivity index (χ3n) is 5.70. The molecule has 23 heavy (non-hydrogen) atoms. The summed E-state index contributed by atoms with van der Waals surface area (Å²) in [5.41, 5.74) is 0. The molecule has 1 saturated carbocycles. The number of piperidine rings is 1. The lowest BCUT2D eigenvalue weighted by Crippen LogP contribution is -2.48. The minimum atomic E-state index is 0.00207. The van der Waals surface area contributed by atoms with Crippen LogP contribution in [0.1, 0.15) is 51.9 Å². The van der Waals surface area contributed by atoms with Gasteiger partial charge in [-0.05, 0) is 45.7 Å². The molecule has 0 unspecified atom stereocenters. The lowest BCUT2D eigenvalue weighted by Gasteiger charge is -2.37. The maximum absolute atomic E-state index is 12.7. The van der Waals surface area contributed by atoms with Gasteiger partial charge in [-0.3, -0.25) is 9.69 Å². The summed E-state index contributed by atoms with van der Waals surface area (Å²) in [5.74, 6) is 0.829. The van der Waals surface area contributed by atoms with Gasteiger partial charge in [-0.1, -0.05) is 19.3 Å². The van der Waals surface area contributed by atoms with Gasteiger partial charge in [0.05, 0.1) is 19.8 Å². The van der Waals surface area contributed by atoms with Crippen molar-refractivity contribution in [3.63, 3.8) is 0 Å². The van der Waals surface area contributed by atoms with E-state index < -0.39 is 0 Å². The van der Waals surface area contributed by atoms with Crippen LogP contribution in [0.15, 0.2) is 0 Å². The van der Waals surface area contributed by atoms with E-state index in [4.69, 9.17) is 9.47 Å². The summed E-state index contributed by atoms with van der Waals surface area (Å²) in [4.78, 5) is 17.2. The van der Waals surface area contributed by atoms with Crippen LogP contribution in [-0.2, 0) is 14.3 Å². The molecule has 0 N–H and O–H groups in total. The minimum absolute atomic E-state index is 0.00207. The maximum Gasteiger partial charge on any atom is 0.236 e. The number of carbonyl (C=O) groups excluding carboxylic acids is 1. The molecule has 0 radical (unpaired) electrons. The molecule has 3 rings (SSSR count). The lowest BCUT2D eigenvalue weighted by atomic mass is 9.94. The summed E-state index contributed by atoms with van der Waals surface area (Å²) in [6, 6.07) is 0.485. The van der Waals surface area contributed by atoms with Crippen molar-refractivity contribution in [3.8, 4) is 0 Å². The highest BCUT2D eigenvalue weighted by atomic mass is 16.7. The minimum Gasteiger partial charge on any atom is -0.350 e. The number of likely N-dealkylation sites (N-methyl/N-ethyl adjacent to an activating group) is 1. The van der Waals surface area contributed by atoms with Crippen LogP contribution in [0, 0.1) is 5.92 Å². The van der Waals surface area contributed by atoms with E-state index >= 15 is 0 Å². The molecule has 0 atom stereocenters. The Balaban J connectivity index is 1.44. The van der Waals surface area contributed by atoms with Gasteiger partial charge in [0, 0.05) is 18.5 Å². The molecule has 2 heterocycles. The largest absolute Gasteiger partial charge is 0.350 e. The zero-order chi connectivity index (χ0) is 16.1. The number of rotatable bonds is 5. The van der Waals surface area contributed by atoms with Crippen LogP contribution in [0.25, 0.3) is 0 Å². The molecule has 1 aliphatic carbocycles. The molecule has 2 saturated heterocycles. The molecule has 0 aromatic carbocycles. The monoisotopic (exact) mass is 324 g/mol. The molecule has 0 spiro atoms. The van der Waals surface area contributed by atoms with Crippen molar-refractivity contribution >= 4 is 5.91 Å². The Morgan fingerprint density at radius 1 is 1.04 bits per heavy atom. The quantitative estimate of drug-likeness (QED) is 0.778. The smallest absolute Gasteiger partial charge is 0.236 e. The van der Waals surface area contributed by atoms with E-state index in [0.29, 0.717) is 24.4 Å². The van der Waals surface area contributed by atoms with E-state index in [1.54, 1.807) is 0 Å². The van der Waals surface area contributed by atoms with Crippen LogP contribution >= 0.6 is 0 Å². The van der Waals surface area contributed by atoms with Crippen LogP contribution < -0.4 is 0 Å². The van der Waals surface area contributed by atoms with Gasteiger partial charge in [0.25, 0.3) is 0 Å². The summed E-state index contributed by atoms with van der Waals surface area (Å²) < 4.78 is 11.3. The van der Waals surface area contributed by atoms with E-state index in [1.807, 2.05) is 0 Å². The fraction of sp³-hybridized carbons (Fsp3) is 0.944. The van der Waals surface area contributed by atoms with Gasteiger partial charge in [0.1, 0.15) is 0 Å². The van der Waals surface area contributed by atoms with E-state index in [-0.39, 0.29) is 6.29 Å². The fourth-order valence-corrected chi connectivity index (χ4v) is 4.35. The van der Waals surface area contributed by atoms with E-state index in [2.05, 4.69) is 16.7 Å². The van der Waals surface area contributed by atoms with E-state index in [0.717, 1.165) is 45.7 Å². The predicted octanol–water partition coefficient (Wildman–Crippen LogP) is 2.25. The number of ether oxygens (including phenoxy) is 2. The zero-order valence-electron chi connectivity index (χ0n) is 14.5. The summed E-state index contributed by atoms with van der Waals surface area (Å²) >= 11 is 0. The molecule has 1 amide bonds. The highest BCUT2D eigenvalue weighted by molar-refractivity contribution is 5.78. The summed E-state index contributed by atoms with van der Waals surface area (Å²) in [7, 11) is 0. The number of hydrogen-bond acceptors (Lipinski definition) is 4. The van der Waals surface area contributed by atoms with Crippen molar-refractivity contribution in [3.05, 3.63) is 0 Å². The van der Waals surface area contributed by atoms with Gasteiger partial charge < -0.3 is 14.4 Å². The third-order valence-corrected chi connectivity index (χ3v) is 5.70. The molecule has 0 aromatic rings. The molecule has 5 nitrogen and oxygen atoms in total. The molecule has 3 fully saturated rings. The molecule has 5 heteroatoms. The Bertz CT molecular complexity index is 370. The van der Waals surface area contributed by atoms with Crippen molar-refractivity contribution in [1.82, 2.24) is 9.80 Å². The zero-order valence-corrected chi connectivity index (χ0v) is 14.5. The van der Waals surface area contributed by atoms with Gasteiger partial charge in [-0.2, -0.15) is 0 Å². The third kappa shape index (κ3) is 4.46. The van der Waals surface area contributed by atoms with Crippen molar-refractivity contribution in [1.29, 1.82) is 0 Å². The van der Waals surface area contributed by atoms with Gasteiger partial charge in [-0.15, -0.1) is 0 Å². The normalized spacial score (nSPS) is 25.8. The molecular formula is C18H32N2O3. The summed E-state index contributed by atoms with van der Waals surface area (Å²) in [5, 5.41) is 0. The molecule has 3 aliphatic rings. The van der Waals surface area contributed by atoms with Crippen LogP contribution in [0.5, 0.6) is 0 Å². The molecule has 132 valence electrons. The first kappa shape index (κ1) is 17.2. The molecule has 0 aromatic heterocycles. The Kier molecular flexibility index (Phi) is 6.31. The van der Waals surface area contributed by atoms with E-state index in [1.165, 1.54) is 32.1 Å². The second-order valence-electron chi connectivity index (χ2n) is 7.20. The Morgan fingerprint density at radius 2 is 1.70 bits per heavy atom. The topological polar surface area (TPSA) is 42.0 Å². The number of amides is 1. The Morgan fingerprint density at radius 3 is 2.30 bits per heavy atom. The standard InChI is InChI=1S/C18H32N2O3/c1-2-20(16-6-4-3-5-7-16)17(21)14-19-10-8-15(9-11-19)18-22-12-13-23-18/h15-16,18H,2-14H2,1H3. The van der Waals surface area contributed by atoms with Crippen LogP contribution in [0.2, 0.25) is 0 Å². The van der Waals surface area contributed by atoms with E-state index in [9.17, 15) is 4.79 Å². The second kappa shape index (κ2) is 8.45. The first-order chi connectivity index (χ1) is 11.3. The van der Waals surface area contributed by atoms with Crippen molar-refractivity contribution in [2.75, 3.05) is 39.4 Å². The predicted molar refractivity (Wildman–Crippen MR) is 89.1 cm³/mol. The van der Waals surface area contributed by atoms with Crippen LogP contribution in [0.4, 0.5) is 0 Å². The number of hydrogen-bond donors (Lipinski definition) is 0. The maximum atomic E-state index is 12.7. The van der Waals surface area contributed by atoms with Crippen LogP contribution in [-0.4, -0.2) is 67.4 Å². The van der Waals surface area contributed by atoms with Crippen molar-refractivity contribution in [2.45, 2.75) is 64.2 Å². The van der Waals surface area contributed by atoms with Gasteiger partial charge in [0.15, 0.2) is 6.29 Å². The molecule has 2 aliphatic heterocycles. The van der Waals surface area contributed by atoms with Crippen molar-refractivity contribution in [2.24, 2.45) is 5.92 Å². The summed E-state index contributed by atoms with van der Waals surface area (Å²) in [6.07, 6.45) is 8.43. The van der Waals surface area contributed by atoms with Crippen molar-refractivity contribution < 1.29 is 14.3 Å². The first-order valence-corrected chi connectivity index (χ1v) is 9.53. The number of nitrogens with zero attached hydrogens (tertiary/aromatic N) is 2. The lowest BCUT2D eigenvalue weighted by molar-refractivity contribution is -0.136. The fourth-order valence-electron chi connectivity index (χ4n) is 4.35. The van der Waals surface area contributed by atoms with Gasteiger partial charge in [0.2, 0.25) is 5.91 Å². The van der Waals surface area contributed by atoms with Crippen LogP contribution in [0.3, 0.4) is 0 Å². The average Bonchev–Trinajstić information content (AvgIpc) is 3.12. The second-order valence-corrected chi connectivity index (χ2v) is 7.20. The SMILES string of the molecule is CCN(C(=O)CN1CCC(C2OCCO2)CC1)C1CCCCC1.